The van der Waals surface area contributed by atoms with Crippen molar-refractivity contribution in [2.45, 2.75) is 17.2 Å². The fraction of sp³-hybridized carbons (Fsp3) is 0.385. The lowest BCUT2D eigenvalue weighted by atomic mass is 10.0. The van der Waals surface area contributed by atoms with E-state index >= 15 is 0 Å². The molecule has 1 N–H and O–H groups in total. The number of aromatic nitrogens is 1. The largest absolute Gasteiger partial charge is 0.481 e. The van der Waals surface area contributed by atoms with Crippen molar-refractivity contribution in [3.05, 3.63) is 24.3 Å². The summed E-state index contributed by atoms with van der Waals surface area (Å²) in [5.74, 6) is -1.58. The standard InChI is InChI=1S/C13H14N2O4S2/c16-12(17)9-4-3-7-15(8-9)21(18,19)13-14-10-5-1-2-6-11(10)20-13/h1-2,5-6,9H,3-4,7-8H2,(H,16,17)/t9-/m1/s1. The van der Waals surface area contributed by atoms with Crippen LogP contribution in [-0.2, 0) is 14.8 Å². The van der Waals surface area contributed by atoms with Gasteiger partial charge in [0.2, 0.25) is 4.34 Å². The van der Waals surface area contributed by atoms with Crippen LogP contribution >= 0.6 is 11.3 Å². The average molecular weight is 326 g/mol. The van der Waals surface area contributed by atoms with Crippen molar-refractivity contribution >= 4 is 37.5 Å². The van der Waals surface area contributed by atoms with E-state index in [9.17, 15) is 13.2 Å². The molecule has 6 nitrogen and oxygen atoms in total. The van der Waals surface area contributed by atoms with Crippen LogP contribution in [0.3, 0.4) is 0 Å². The highest BCUT2D eigenvalue weighted by Crippen LogP contribution is 2.29. The quantitative estimate of drug-likeness (QED) is 0.929. The monoisotopic (exact) mass is 326 g/mol. The number of para-hydroxylation sites is 1. The Morgan fingerprint density at radius 1 is 1.38 bits per heavy atom. The molecule has 0 aliphatic carbocycles. The number of aliphatic carboxylic acids is 1. The second kappa shape index (κ2) is 5.36. The molecule has 1 saturated heterocycles. The highest BCUT2D eigenvalue weighted by molar-refractivity contribution is 7.91. The molecule has 1 aromatic heterocycles. The molecule has 1 fully saturated rings. The van der Waals surface area contributed by atoms with Crippen LogP contribution < -0.4 is 0 Å². The maximum atomic E-state index is 12.6. The van der Waals surface area contributed by atoms with Crippen LogP contribution in [0.15, 0.2) is 28.6 Å². The van der Waals surface area contributed by atoms with Crippen LogP contribution in [0.5, 0.6) is 0 Å². The first-order valence-corrected chi connectivity index (χ1v) is 8.82. The molecule has 2 aromatic rings. The molecule has 0 radical (unpaired) electrons. The second-order valence-corrected chi connectivity index (χ2v) is 8.13. The number of sulfonamides is 1. The van der Waals surface area contributed by atoms with Gasteiger partial charge in [-0.2, -0.15) is 4.31 Å². The van der Waals surface area contributed by atoms with Gasteiger partial charge in [0.05, 0.1) is 16.1 Å². The zero-order chi connectivity index (χ0) is 15.0. The first kappa shape index (κ1) is 14.4. The summed E-state index contributed by atoms with van der Waals surface area (Å²) in [5, 5.41) is 9.07. The van der Waals surface area contributed by atoms with Crippen molar-refractivity contribution in [2.24, 2.45) is 5.92 Å². The molecule has 1 aromatic carbocycles. The number of hydrogen-bond acceptors (Lipinski definition) is 5. The molecule has 112 valence electrons. The van der Waals surface area contributed by atoms with Crippen molar-refractivity contribution in [2.75, 3.05) is 13.1 Å². The highest BCUT2D eigenvalue weighted by atomic mass is 32.2. The van der Waals surface area contributed by atoms with Crippen LogP contribution in [0.2, 0.25) is 0 Å². The van der Waals surface area contributed by atoms with Gasteiger partial charge in [0.1, 0.15) is 0 Å². The van der Waals surface area contributed by atoms with E-state index in [0.29, 0.717) is 24.9 Å². The smallest absolute Gasteiger partial charge is 0.307 e. The van der Waals surface area contributed by atoms with Crippen LogP contribution in [-0.4, -0.2) is 41.9 Å². The summed E-state index contributed by atoms with van der Waals surface area (Å²) in [6.07, 6.45) is 1.07. The summed E-state index contributed by atoms with van der Waals surface area (Å²) in [6.45, 7) is 0.371. The van der Waals surface area contributed by atoms with Crippen LogP contribution in [0.25, 0.3) is 10.2 Å². The summed E-state index contributed by atoms with van der Waals surface area (Å²) in [4.78, 5) is 15.2. The summed E-state index contributed by atoms with van der Waals surface area (Å²) >= 11 is 1.12. The number of thiazole rings is 1. The fourth-order valence-corrected chi connectivity index (χ4v) is 5.32. The van der Waals surface area contributed by atoms with Crippen molar-refractivity contribution in [1.82, 2.24) is 9.29 Å². The Morgan fingerprint density at radius 3 is 2.86 bits per heavy atom. The van der Waals surface area contributed by atoms with Gasteiger partial charge in [-0.15, -0.1) is 11.3 Å². The van der Waals surface area contributed by atoms with E-state index in [1.807, 2.05) is 12.1 Å². The van der Waals surface area contributed by atoms with Gasteiger partial charge >= 0.3 is 5.97 Å². The van der Waals surface area contributed by atoms with Gasteiger partial charge in [-0.05, 0) is 25.0 Å². The van der Waals surface area contributed by atoms with Crippen LogP contribution in [0.4, 0.5) is 0 Å². The summed E-state index contributed by atoms with van der Waals surface area (Å²) in [6, 6.07) is 7.22. The molecule has 1 atom stereocenters. The number of fused-ring (bicyclic) bond motifs is 1. The van der Waals surface area contributed by atoms with E-state index < -0.39 is 21.9 Å². The lowest BCUT2D eigenvalue weighted by Gasteiger charge is -2.28. The normalized spacial score (nSPS) is 20.7. The Hall–Kier alpha value is -1.51. The molecule has 2 heterocycles. The first-order chi connectivity index (χ1) is 9.98. The number of carboxylic acid groups (broad SMARTS) is 1. The number of carbonyl (C=O) groups is 1. The minimum absolute atomic E-state index is 0.0214. The Morgan fingerprint density at radius 2 is 2.14 bits per heavy atom. The van der Waals surface area contributed by atoms with E-state index in [2.05, 4.69) is 4.98 Å². The molecule has 0 unspecified atom stereocenters. The molecule has 8 heteroatoms. The maximum absolute atomic E-state index is 12.6. The second-order valence-electron chi connectivity index (χ2n) is 4.99. The van der Waals surface area contributed by atoms with Crippen molar-refractivity contribution in [3.8, 4) is 0 Å². The molecule has 0 saturated carbocycles. The zero-order valence-electron chi connectivity index (χ0n) is 11.1. The number of piperidine rings is 1. The van der Waals surface area contributed by atoms with Gasteiger partial charge in [-0.25, -0.2) is 13.4 Å². The third-order valence-electron chi connectivity index (χ3n) is 3.57. The highest BCUT2D eigenvalue weighted by Gasteiger charge is 2.34. The van der Waals surface area contributed by atoms with Crippen molar-refractivity contribution in [1.29, 1.82) is 0 Å². The molecule has 3 rings (SSSR count). The number of hydrogen-bond donors (Lipinski definition) is 1. The number of nitrogens with zero attached hydrogens (tertiary/aromatic N) is 2. The molecule has 1 aliphatic heterocycles. The summed E-state index contributed by atoms with van der Waals surface area (Å²) < 4.78 is 27.3. The van der Waals surface area contributed by atoms with Gasteiger partial charge < -0.3 is 5.11 Å². The summed E-state index contributed by atoms with van der Waals surface area (Å²) in [7, 11) is -3.71. The minimum atomic E-state index is -3.71. The topological polar surface area (TPSA) is 87.6 Å². The van der Waals surface area contributed by atoms with Crippen LogP contribution in [0.1, 0.15) is 12.8 Å². The zero-order valence-corrected chi connectivity index (χ0v) is 12.7. The van der Waals surface area contributed by atoms with Crippen molar-refractivity contribution < 1.29 is 18.3 Å². The Balaban J connectivity index is 1.94. The molecule has 0 amide bonds. The number of rotatable bonds is 3. The number of carboxylic acids is 1. The third-order valence-corrected chi connectivity index (χ3v) is 6.83. The molecular formula is C13H14N2O4S2. The molecule has 21 heavy (non-hydrogen) atoms. The van der Waals surface area contributed by atoms with Crippen molar-refractivity contribution in [3.63, 3.8) is 0 Å². The van der Waals surface area contributed by atoms with Gasteiger partial charge in [0.25, 0.3) is 10.0 Å². The number of benzene rings is 1. The van der Waals surface area contributed by atoms with E-state index in [1.54, 1.807) is 12.1 Å². The Kier molecular flexibility index (Phi) is 3.68. The summed E-state index contributed by atoms with van der Waals surface area (Å²) in [5.41, 5.74) is 0.646. The molecular weight excluding hydrogens is 312 g/mol. The van der Waals surface area contributed by atoms with E-state index in [0.717, 1.165) is 16.0 Å². The van der Waals surface area contributed by atoms with E-state index in [-0.39, 0.29) is 10.9 Å². The molecule has 0 bridgehead atoms. The average Bonchev–Trinajstić information content (AvgIpc) is 2.92. The Labute approximate surface area is 126 Å². The van der Waals surface area contributed by atoms with Crippen LogP contribution in [0, 0.1) is 5.92 Å². The third kappa shape index (κ3) is 2.66. The fourth-order valence-electron chi connectivity index (χ4n) is 2.43. The lowest BCUT2D eigenvalue weighted by Crippen LogP contribution is -2.42. The minimum Gasteiger partial charge on any atom is -0.481 e. The van der Waals surface area contributed by atoms with Gasteiger partial charge in [-0.1, -0.05) is 12.1 Å². The van der Waals surface area contributed by atoms with Gasteiger partial charge in [0, 0.05) is 13.1 Å². The lowest BCUT2D eigenvalue weighted by molar-refractivity contribution is -0.142. The van der Waals surface area contributed by atoms with E-state index in [4.69, 9.17) is 5.11 Å². The predicted octanol–water partition coefficient (Wildman–Crippen LogP) is 1.78. The van der Waals surface area contributed by atoms with Gasteiger partial charge in [0.15, 0.2) is 0 Å². The Bertz CT molecular complexity index is 751. The first-order valence-electron chi connectivity index (χ1n) is 6.57. The van der Waals surface area contributed by atoms with Gasteiger partial charge in [-0.3, -0.25) is 4.79 Å². The predicted molar refractivity (Wildman–Crippen MR) is 78.7 cm³/mol. The maximum Gasteiger partial charge on any atom is 0.307 e. The molecule has 0 spiro atoms. The molecule has 1 aliphatic rings. The SMILES string of the molecule is O=C(O)[C@@H]1CCCN(S(=O)(=O)c2nc3ccccc3s2)C1. The van der Waals surface area contributed by atoms with E-state index in [1.165, 1.54) is 4.31 Å².